The fourth-order valence-electron chi connectivity index (χ4n) is 3.03. The van der Waals surface area contributed by atoms with Crippen molar-refractivity contribution in [1.29, 1.82) is 0 Å². The maximum Gasteiger partial charge on any atom is 0.242 e. The predicted molar refractivity (Wildman–Crippen MR) is 103 cm³/mol. The smallest absolute Gasteiger partial charge is 0.242 e. The lowest BCUT2D eigenvalue weighted by Crippen LogP contribution is -2.61. The van der Waals surface area contributed by atoms with E-state index in [4.69, 9.17) is 22.1 Å². The average Bonchev–Trinajstić information content (AvgIpc) is 2.93. The average molecular weight is 417 g/mol. The lowest BCUT2D eigenvalue weighted by molar-refractivity contribution is -0.142. The maximum absolute atomic E-state index is 12.7. The van der Waals surface area contributed by atoms with Crippen LogP contribution >= 0.6 is 47.8 Å². The summed E-state index contributed by atoms with van der Waals surface area (Å²) < 4.78 is 6.15. The van der Waals surface area contributed by atoms with Gasteiger partial charge in [-0.15, -0.1) is 36.2 Å². The lowest BCUT2D eigenvalue weighted by atomic mass is 9.89. The fraction of sp³-hybridized carbons (Fsp3) is 0.667. The first-order valence-corrected chi connectivity index (χ1v) is 8.89. The maximum atomic E-state index is 12.7. The highest BCUT2D eigenvalue weighted by molar-refractivity contribution is 7.16. The Hall–Kier alpha value is -0.0800. The van der Waals surface area contributed by atoms with Gasteiger partial charge < -0.3 is 15.4 Å². The molecule has 2 fully saturated rings. The summed E-state index contributed by atoms with van der Waals surface area (Å²) in [6, 6.07) is 4.01. The number of carbonyl (C=O) groups excluding carboxylic acids is 1. The van der Waals surface area contributed by atoms with Gasteiger partial charge in [0.2, 0.25) is 5.91 Å². The molecule has 1 amide bonds. The first-order valence-electron chi connectivity index (χ1n) is 7.69. The Kier molecular flexibility index (Phi) is 8.76. The molecule has 24 heavy (non-hydrogen) atoms. The van der Waals surface area contributed by atoms with E-state index in [0.717, 1.165) is 37.1 Å². The zero-order valence-corrected chi connectivity index (χ0v) is 16.6. The second-order valence-corrected chi connectivity index (χ2v) is 7.84. The van der Waals surface area contributed by atoms with Crippen molar-refractivity contribution < 1.29 is 9.53 Å². The number of carbonyl (C=O) groups is 1. The molecule has 9 heteroatoms. The molecule has 0 bridgehead atoms. The van der Waals surface area contributed by atoms with E-state index in [9.17, 15) is 4.79 Å². The number of halogens is 3. The third-order valence-electron chi connectivity index (χ3n) is 4.48. The van der Waals surface area contributed by atoms with Crippen molar-refractivity contribution in [2.75, 3.05) is 39.4 Å². The van der Waals surface area contributed by atoms with E-state index in [0.29, 0.717) is 26.1 Å². The molecule has 1 aromatic heterocycles. The Balaban J connectivity index is 0.00000144. The van der Waals surface area contributed by atoms with Crippen molar-refractivity contribution in [2.24, 2.45) is 5.73 Å². The number of nitrogens with two attached hydrogens (primary N) is 1. The highest BCUT2D eigenvalue weighted by Gasteiger charge is 2.39. The molecule has 2 aliphatic heterocycles. The third kappa shape index (κ3) is 5.21. The van der Waals surface area contributed by atoms with E-state index in [1.54, 1.807) is 11.3 Å². The summed E-state index contributed by atoms with van der Waals surface area (Å²) in [5.41, 5.74) is 5.58. The number of piperazine rings is 1. The molecule has 0 unspecified atom stereocenters. The second kappa shape index (κ2) is 9.57. The van der Waals surface area contributed by atoms with E-state index in [2.05, 4.69) is 11.0 Å². The molecule has 138 valence electrons. The van der Waals surface area contributed by atoms with E-state index < -0.39 is 5.54 Å². The molecular weight excluding hydrogens is 393 g/mol. The highest BCUT2D eigenvalue weighted by Crippen LogP contribution is 2.24. The summed E-state index contributed by atoms with van der Waals surface area (Å²) in [4.78, 5) is 18.2. The van der Waals surface area contributed by atoms with Crippen LogP contribution in [0, 0.1) is 0 Å². The van der Waals surface area contributed by atoms with Gasteiger partial charge >= 0.3 is 0 Å². The standard InChI is InChI=1S/C15H22ClN3O2S.2ClH/c16-13-2-1-12(22-13)11-18-5-7-19(8-6-18)14(20)15(17)3-9-21-10-4-15;;/h1-2H,3-11,17H2;2*1H. The Bertz CT molecular complexity index is 530. The second-order valence-electron chi connectivity index (χ2n) is 6.04. The number of rotatable bonds is 3. The monoisotopic (exact) mass is 415 g/mol. The fourth-order valence-corrected chi connectivity index (χ4v) is 4.16. The highest BCUT2D eigenvalue weighted by atomic mass is 35.5. The van der Waals surface area contributed by atoms with Gasteiger partial charge in [0.25, 0.3) is 0 Å². The Morgan fingerprint density at radius 3 is 2.38 bits per heavy atom. The molecular formula is C15H24Cl3N3O2S. The minimum atomic E-state index is -0.721. The number of amides is 1. The van der Waals surface area contributed by atoms with Crippen LogP contribution in [-0.2, 0) is 16.1 Å². The van der Waals surface area contributed by atoms with Gasteiger partial charge in [-0.3, -0.25) is 9.69 Å². The van der Waals surface area contributed by atoms with Crippen LogP contribution in [0.4, 0.5) is 0 Å². The molecule has 5 nitrogen and oxygen atoms in total. The van der Waals surface area contributed by atoms with Gasteiger partial charge in [0.15, 0.2) is 0 Å². The molecule has 0 spiro atoms. The van der Waals surface area contributed by atoms with Crippen molar-refractivity contribution >= 4 is 53.7 Å². The molecule has 2 saturated heterocycles. The molecule has 3 rings (SSSR count). The molecule has 0 aliphatic carbocycles. The third-order valence-corrected chi connectivity index (χ3v) is 5.69. The Morgan fingerprint density at radius 2 is 1.83 bits per heavy atom. The normalized spacial score (nSPS) is 20.8. The minimum Gasteiger partial charge on any atom is -0.381 e. The first-order chi connectivity index (χ1) is 10.6. The molecule has 0 radical (unpaired) electrons. The number of nitrogens with zero attached hydrogens (tertiary/aromatic N) is 2. The van der Waals surface area contributed by atoms with E-state index in [-0.39, 0.29) is 30.7 Å². The molecule has 1 aromatic rings. The zero-order chi connectivity index (χ0) is 15.6. The Morgan fingerprint density at radius 1 is 1.21 bits per heavy atom. The number of hydrogen-bond donors (Lipinski definition) is 1. The van der Waals surface area contributed by atoms with Crippen LogP contribution in [-0.4, -0.2) is 60.6 Å². The van der Waals surface area contributed by atoms with Gasteiger partial charge in [-0.1, -0.05) is 11.6 Å². The minimum absolute atomic E-state index is 0. The van der Waals surface area contributed by atoms with Crippen LogP contribution in [0.5, 0.6) is 0 Å². The van der Waals surface area contributed by atoms with Crippen LogP contribution in [0.1, 0.15) is 17.7 Å². The van der Waals surface area contributed by atoms with E-state index in [1.807, 2.05) is 11.0 Å². The van der Waals surface area contributed by atoms with Crippen molar-refractivity contribution in [3.63, 3.8) is 0 Å². The van der Waals surface area contributed by atoms with Crippen molar-refractivity contribution in [3.05, 3.63) is 21.3 Å². The van der Waals surface area contributed by atoms with Crippen LogP contribution in [0.15, 0.2) is 12.1 Å². The van der Waals surface area contributed by atoms with Crippen LogP contribution in [0.3, 0.4) is 0 Å². The summed E-state index contributed by atoms with van der Waals surface area (Å²) in [5.74, 6) is 0.0922. The van der Waals surface area contributed by atoms with Crippen molar-refractivity contribution in [3.8, 4) is 0 Å². The van der Waals surface area contributed by atoms with Gasteiger partial charge in [-0.05, 0) is 25.0 Å². The summed E-state index contributed by atoms with van der Waals surface area (Å²) >= 11 is 7.59. The topological polar surface area (TPSA) is 58.8 Å². The van der Waals surface area contributed by atoms with Crippen LogP contribution in [0.2, 0.25) is 4.34 Å². The van der Waals surface area contributed by atoms with Gasteiger partial charge in [-0.25, -0.2) is 0 Å². The number of thiophene rings is 1. The molecule has 0 atom stereocenters. The first kappa shape index (κ1) is 22.0. The largest absolute Gasteiger partial charge is 0.381 e. The molecule has 2 aliphatic rings. The lowest BCUT2D eigenvalue weighted by Gasteiger charge is -2.40. The van der Waals surface area contributed by atoms with Crippen LogP contribution in [0.25, 0.3) is 0 Å². The molecule has 0 saturated carbocycles. The van der Waals surface area contributed by atoms with Gasteiger partial charge in [0.1, 0.15) is 0 Å². The van der Waals surface area contributed by atoms with Gasteiger partial charge in [0, 0.05) is 50.8 Å². The number of hydrogen-bond acceptors (Lipinski definition) is 5. The SMILES string of the molecule is Cl.Cl.NC1(C(=O)N2CCN(Cc3ccc(Cl)s3)CC2)CCOCC1. The van der Waals surface area contributed by atoms with Crippen molar-refractivity contribution in [2.45, 2.75) is 24.9 Å². The quantitative estimate of drug-likeness (QED) is 0.822. The Labute approximate surface area is 164 Å². The summed E-state index contributed by atoms with van der Waals surface area (Å²) in [6.45, 7) is 5.33. The van der Waals surface area contributed by atoms with E-state index >= 15 is 0 Å². The molecule has 3 heterocycles. The van der Waals surface area contributed by atoms with Gasteiger partial charge in [-0.2, -0.15) is 0 Å². The van der Waals surface area contributed by atoms with E-state index in [1.165, 1.54) is 4.88 Å². The summed E-state index contributed by atoms with van der Waals surface area (Å²) in [5, 5.41) is 0. The van der Waals surface area contributed by atoms with Gasteiger partial charge in [0.05, 0.1) is 9.88 Å². The zero-order valence-electron chi connectivity index (χ0n) is 13.4. The number of ether oxygens (including phenoxy) is 1. The molecule has 2 N–H and O–H groups in total. The summed E-state index contributed by atoms with van der Waals surface area (Å²) in [6.07, 6.45) is 1.25. The van der Waals surface area contributed by atoms with Crippen molar-refractivity contribution in [1.82, 2.24) is 9.80 Å². The van der Waals surface area contributed by atoms with Crippen LogP contribution < -0.4 is 5.73 Å². The predicted octanol–water partition coefficient (Wildman–Crippen LogP) is 2.40. The molecule has 0 aromatic carbocycles. The summed E-state index contributed by atoms with van der Waals surface area (Å²) in [7, 11) is 0.